The van der Waals surface area contributed by atoms with Gasteiger partial charge in [0.15, 0.2) is 0 Å². The minimum atomic E-state index is 0.579. The zero-order valence-electron chi connectivity index (χ0n) is 17.2. The van der Waals surface area contributed by atoms with Gasteiger partial charge in [-0.3, -0.25) is 0 Å². The summed E-state index contributed by atoms with van der Waals surface area (Å²) in [5, 5.41) is 2.89. The third-order valence-electron chi connectivity index (χ3n) is 4.03. The van der Waals surface area contributed by atoms with Crippen molar-refractivity contribution < 1.29 is 0 Å². The first-order valence-corrected chi connectivity index (χ1v) is 9.38. The zero-order valence-corrected chi connectivity index (χ0v) is 17.2. The standard InChI is InChI=1S/C18H24.C3H8.C2H6/c1-11(2)17-13(5)14(6)18(12(3)4)16-10-8-7-9-15(16)17;1-3-2;1-2/h7-12H,1-6H3;3H2,1-2H3;1-2H3. The van der Waals surface area contributed by atoms with Crippen molar-refractivity contribution in [1.29, 1.82) is 0 Å². The number of fused-ring (bicyclic) bond motifs is 1. The Hall–Kier alpha value is -1.30. The first-order valence-electron chi connectivity index (χ1n) is 9.38. The molecule has 0 bridgehead atoms. The fourth-order valence-corrected chi connectivity index (χ4v) is 3.25. The molecule has 0 aliphatic heterocycles. The molecular weight excluding hydrogens is 276 g/mol. The molecule has 0 aliphatic rings. The Morgan fingerprint density at radius 1 is 0.696 bits per heavy atom. The lowest BCUT2D eigenvalue weighted by Crippen LogP contribution is -2.03. The molecular formula is C23H38. The van der Waals surface area contributed by atoms with Gasteiger partial charge in [0.1, 0.15) is 0 Å². The molecule has 0 saturated heterocycles. The van der Waals surface area contributed by atoms with Gasteiger partial charge in [-0.15, -0.1) is 0 Å². The third-order valence-corrected chi connectivity index (χ3v) is 4.03. The van der Waals surface area contributed by atoms with Gasteiger partial charge in [-0.2, -0.15) is 0 Å². The largest absolute Gasteiger partial charge is 0.0683 e. The average molecular weight is 315 g/mol. The maximum absolute atomic E-state index is 2.29. The summed E-state index contributed by atoms with van der Waals surface area (Å²) in [6.45, 7) is 22.0. The molecule has 2 aromatic rings. The van der Waals surface area contributed by atoms with Gasteiger partial charge in [0.2, 0.25) is 0 Å². The Balaban J connectivity index is 0.000000868. The maximum atomic E-state index is 2.29. The lowest BCUT2D eigenvalue weighted by molar-refractivity contribution is 0.840. The van der Waals surface area contributed by atoms with Crippen molar-refractivity contribution >= 4 is 10.8 Å². The van der Waals surface area contributed by atoms with Crippen molar-refractivity contribution in [2.24, 2.45) is 0 Å². The van der Waals surface area contributed by atoms with E-state index in [2.05, 4.69) is 79.7 Å². The smallest absolute Gasteiger partial charge is 0.0144 e. The van der Waals surface area contributed by atoms with Crippen molar-refractivity contribution in [1.82, 2.24) is 0 Å². The summed E-state index contributed by atoms with van der Waals surface area (Å²) < 4.78 is 0. The Bertz CT molecular complexity index is 536. The summed E-state index contributed by atoms with van der Waals surface area (Å²) in [7, 11) is 0. The average Bonchev–Trinajstić information content (AvgIpc) is 2.50. The van der Waals surface area contributed by atoms with Crippen molar-refractivity contribution in [3.63, 3.8) is 0 Å². The minimum absolute atomic E-state index is 0.579. The molecule has 0 amide bonds. The van der Waals surface area contributed by atoms with Crippen LogP contribution in [0, 0.1) is 13.8 Å². The highest BCUT2D eigenvalue weighted by Crippen LogP contribution is 2.37. The van der Waals surface area contributed by atoms with E-state index >= 15 is 0 Å². The van der Waals surface area contributed by atoms with Crippen LogP contribution in [-0.4, -0.2) is 0 Å². The van der Waals surface area contributed by atoms with Gasteiger partial charge in [0.05, 0.1) is 0 Å². The lowest BCUT2D eigenvalue weighted by atomic mass is 9.82. The number of hydrogen-bond acceptors (Lipinski definition) is 0. The number of hydrogen-bond donors (Lipinski definition) is 0. The molecule has 0 radical (unpaired) electrons. The molecule has 130 valence electrons. The van der Waals surface area contributed by atoms with Gasteiger partial charge < -0.3 is 0 Å². The second-order valence-electron chi connectivity index (χ2n) is 6.64. The molecule has 0 aromatic heterocycles. The SMILES string of the molecule is CC.CCC.Cc1c(C)c(C(C)C)c2ccccc2c1C(C)C. The monoisotopic (exact) mass is 314 g/mol. The molecule has 0 spiro atoms. The van der Waals surface area contributed by atoms with Crippen molar-refractivity contribution in [3.8, 4) is 0 Å². The van der Waals surface area contributed by atoms with Crippen molar-refractivity contribution in [3.05, 3.63) is 46.5 Å². The van der Waals surface area contributed by atoms with Crippen LogP contribution < -0.4 is 0 Å². The van der Waals surface area contributed by atoms with Gasteiger partial charge in [-0.05, 0) is 58.7 Å². The number of rotatable bonds is 2. The van der Waals surface area contributed by atoms with Crippen LogP contribution in [-0.2, 0) is 0 Å². The summed E-state index contributed by atoms with van der Waals surface area (Å²) in [6, 6.07) is 8.88. The Morgan fingerprint density at radius 3 is 1.17 bits per heavy atom. The molecule has 0 aliphatic carbocycles. The van der Waals surface area contributed by atoms with E-state index in [0.717, 1.165) is 0 Å². The Labute approximate surface area is 145 Å². The summed E-state index contributed by atoms with van der Waals surface area (Å²) in [5.74, 6) is 1.16. The topological polar surface area (TPSA) is 0 Å². The third kappa shape index (κ3) is 5.09. The van der Waals surface area contributed by atoms with E-state index in [1.807, 2.05) is 13.8 Å². The van der Waals surface area contributed by atoms with Crippen LogP contribution in [0.1, 0.15) is 95.9 Å². The molecule has 0 atom stereocenters. The maximum Gasteiger partial charge on any atom is -0.0144 e. The summed E-state index contributed by atoms with van der Waals surface area (Å²) in [4.78, 5) is 0. The van der Waals surface area contributed by atoms with E-state index in [-0.39, 0.29) is 0 Å². The molecule has 23 heavy (non-hydrogen) atoms. The highest BCUT2D eigenvalue weighted by Gasteiger charge is 2.17. The minimum Gasteiger partial charge on any atom is -0.0683 e. The summed E-state index contributed by atoms with van der Waals surface area (Å²) in [6.07, 6.45) is 1.25. The molecule has 0 unspecified atom stereocenters. The first kappa shape index (κ1) is 21.7. The van der Waals surface area contributed by atoms with Gasteiger partial charge in [0, 0.05) is 0 Å². The summed E-state index contributed by atoms with van der Waals surface area (Å²) in [5.41, 5.74) is 6.00. The van der Waals surface area contributed by atoms with E-state index in [4.69, 9.17) is 0 Å². The Morgan fingerprint density at radius 2 is 0.957 bits per heavy atom. The van der Waals surface area contributed by atoms with Gasteiger partial charge >= 0.3 is 0 Å². The number of benzene rings is 2. The predicted octanol–water partition coefficient (Wildman–Crippen LogP) is 8.15. The van der Waals surface area contributed by atoms with Crippen LogP contribution in [0.2, 0.25) is 0 Å². The second kappa shape index (κ2) is 10.5. The van der Waals surface area contributed by atoms with Crippen LogP contribution in [0.25, 0.3) is 10.8 Å². The van der Waals surface area contributed by atoms with Crippen LogP contribution in [0.4, 0.5) is 0 Å². The highest BCUT2D eigenvalue weighted by atomic mass is 14.2. The molecule has 2 aromatic carbocycles. The van der Waals surface area contributed by atoms with Crippen LogP contribution >= 0.6 is 0 Å². The predicted molar refractivity (Wildman–Crippen MR) is 109 cm³/mol. The Kier molecular flexibility index (Phi) is 9.88. The van der Waals surface area contributed by atoms with Gasteiger partial charge in [-0.1, -0.05) is 86.1 Å². The molecule has 0 heteroatoms. The fraction of sp³-hybridized carbons (Fsp3) is 0.565. The quantitative estimate of drug-likeness (QED) is 0.524. The second-order valence-corrected chi connectivity index (χ2v) is 6.64. The van der Waals surface area contributed by atoms with Crippen LogP contribution in [0.15, 0.2) is 24.3 Å². The molecule has 0 saturated carbocycles. The van der Waals surface area contributed by atoms with Crippen LogP contribution in [0.5, 0.6) is 0 Å². The zero-order chi connectivity index (χ0) is 18.2. The fourth-order valence-electron chi connectivity index (χ4n) is 3.25. The molecule has 0 nitrogen and oxygen atoms in total. The lowest BCUT2D eigenvalue weighted by Gasteiger charge is -2.22. The van der Waals surface area contributed by atoms with Crippen molar-refractivity contribution in [2.45, 2.75) is 87.5 Å². The van der Waals surface area contributed by atoms with E-state index in [9.17, 15) is 0 Å². The highest BCUT2D eigenvalue weighted by molar-refractivity contribution is 5.91. The normalized spacial score (nSPS) is 10.3. The van der Waals surface area contributed by atoms with E-state index in [0.29, 0.717) is 11.8 Å². The molecule has 2 rings (SSSR count). The van der Waals surface area contributed by atoms with Gasteiger partial charge in [-0.25, -0.2) is 0 Å². The van der Waals surface area contributed by atoms with E-state index in [1.165, 1.54) is 39.4 Å². The van der Waals surface area contributed by atoms with E-state index < -0.39 is 0 Å². The first-order chi connectivity index (χ1) is 10.9. The van der Waals surface area contributed by atoms with Gasteiger partial charge in [0.25, 0.3) is 0 Å². The van der Waals surface area contributed by atoms with Crippen molar-refractivity contribution in [2.75, 3.05) is 0 Å². The molecule has 0 heterocycles. The van der Waals surface area contributed by atoms with Crippen LogP contribution in [0.3, 0.4) is 0 Å². The van der Waals surface area contributed by atoms with E-state index in [1.54, 1.807) is 0 Å². The summed E-state index contributed by atoms with van der Waals surface area (Å²) >= 11 is 0. The molecule has 0 fully saturated rings. The molecule has 0 N–H and O–H groups in total.